The van der Waals surface area contributed by atoms with E-state index in [2.05, 4.69) is 10.2 Å². The van der Waals surface area contributed by atoms with E-state index in [-0.39, 0.29) is 36.5 Å². The maximum absolute atomic E-state index is 15.2. The lowest BCUT2D eigenvalue weighted by molar-refractivity contribution is -0.136. The van der Waals surface area contributed by atoms with Gasteiger partial charge in [0.25, 0.3) is 5.91 Å². The van der Waals surface area contributed by atoms with Gasteiger partial charge in [-0.05, 0) is 99.4 Å². The molecule has 7 nitrogen and oxygen atoms in total. The van der Waals surface area contributed by atoms with E-state index in [1.165, 1.54) is 11.0 Å². The summed E-state index contributed by atoms with van der Waals surface area (Å²) in [5.74, 6) is -1.31. The third-order valence-electron chi connectivity index (χ3n) is 9.59. The molecule has 188 valence electrons. The number of nitrogens with one attached hydrogen (secondary N) is 1. The van der Waals surface area contributed by atoms with Crippen LogP contribution in [0.5, 0.6) is 0 Å². The molecule has 2 bridgehead atoms. The zero-order valence-electron chi connectivity index (χ0n) is 20.2. The van der Waals surface area contributed by atoms with E-state index in [9.17, 15) is 19.5 Å². The number of hydrogen-bond donors (Lipinski definition) is 2. The summed E-state index contributed by atoms with van der Waals surface area (Å²) in [6.45, 7) is 3.24. The number of hydrogen-bond acceptors (Lipinski definition) is 5. The molecule has 3 aliphatic carbocycles. The monoisotopic (exact) mass is 483 g/mol. The lowest BCUT2D eigenvalue weighted by atomic mass is 9.58. The molecule has 1 aromatic rings. The Morgan fingerprint density at radius 2 is 1.69 bits per heavy atom. The smallest absolute Gasteiger partial charge is 0.255 e. The molecule has 3 amide bonds. The van der Waals surface area contributed by atoms with Crippen LogP contribution >= 0.6 is 0 Å². The summed E-state index contributed by atoms with van der Waals surface area (Å²) in [6, 6.07) is 2.52. The Hall–Kier alpha value is -2.32. The SMILES string of the molecule is O=C1CCC(N2Cc3cc(C4CCN(CC56CCC(O)(CC5)CC6)CC4)c(F)cc3C2=O)C(=O)N1. The summed E-state index contributed by atoms with van der Waals surface area (Å²) < 4.78 is 15.2. The van der Waals surface area contributed by atoms with E-state index < -0.39 is 17.6 Å². The van der Waals surface area contributed by atoms with Gasteiger partial charge in [0.15, 0.2) is 0 Å². The van der Waals surface area contributed by atoms with Gasteiger partial charge in [0.2, 0.25) is 11.8 Å². The van der Waals surface area contributed by atoms with Crippen molar-refractivity contribution in [1.29, 1.82) is 0 Å². The number of benzene rings is 1. The minimum atomic E-state index is -0.683. The summed E-state index contributed by atoms with van der Waals surface area (Å²) in [7, 11) is 0. The first-order chi connectivity index (χ1) is 16.7. The van der Waals surface area contributed by atoms with E-state index in [0.29, 0.717) is 23.0 Å². The average molecular weight is 484 g/mol. The molecule has 0 spiro atoms. The van der Waals surface area contributed by atoms with Gasteiger partial charge >= 0.3 is 0 Å². The second-order valence-corrected chi connectivity index (χ2v) is 11.7. The number of likely N-dealkylation sites (tertiary alicyclic amines) is 1. The van der Waals surface area contributed by atoms with Crippen LogP contribution in [0.2, 0.25) is 0 Å². The number of imide groups is 1. The fourth-order valence-corrected chi connectivity index (χ4v) is 7.28. The van der Waals surface area contributed by atoms with Crippen molar-refractivity contribution in [3.63, 3.8) is 0 Å². The first-order valence-electron chi connectivity index (χ1n) is 13.2. The van der Waals surface area contributed by atoms with Gasteiger partial charge in [-0.15, -0.1) is 0 Å². The Balaban J connectivity index is 1.11. The van der Waals surface area contributed by atoms with Gasteiger partial charge in [-0.1, -0.05) is 6.07 Å². The largest absolute Gasteiger partial charge is 0.390 e. The topological polar surface area (TPSA) is 90.0 Å². The second kappa shape index (κ2) is 8.37. The maximum Gasteiger partial charge on any atom is 0.255 e. The molecule has 1 atom stereocenters. The fraction of sp³-hybridized carbons (Fsp3) is 0.667. The van der Waals surface area contributed by atoms with Crippen molar-refractivity contribution in [3.8, 4) is 0 Å². The molecule has 2 saturated heterocycles. The number of fused-ring (bicyclic) bond motifs is 4. The van der Waals surface area contributed by atoms with E-state index >= 15 is 4.39 Å². The Bertz CT molecular complexity index is 1060. The summed E-state index contributed by atoms with van der Waals surface area (Å²) in [5.41, 5.74) is 1.72. The molecule has 3 aliphatic heterocycles. The number of rotatable bonds is 4. The van der Waals surface area contributed by atoms with Crippen molar-refractivity contribution in [2.75, 3.05) is 19.6 Å². The van der Waals surface area contributed by atoms with Crippen LogP contribution in [0.15, 0.2) is 12.1 Å². The van der Waals surface area contributed by atoms with Crippen molar-refractivity contribution >= 4 is 17.7 Å². The van der Waals surface area contributed by atoms with Gasteiger partial charge in [-0.3, -0.25) is 19.7 Å². The molecule has 35 heavy (non-hydrogen) atoms. The van der Waals surface area contributed by atoms with Crippen LogP contribution in [0, 0.1) is 11.2 Å². The molecule has 3 saturated carbocycles. The van der Waals surface area contributed by atoms with Gasteiger partial charge < -0.3 is 14.9 Å². The van der Waals surface area contributed by atoms with E-state index in [1.807, 2.05) is 6.07 Å². The Morgan fingerprint density at radius 3 is 2.34 bits per heavy atom. The van der Waals surface area contributed by atoms with Crippen LogP contribution in [-0.4, -0.2) is 63.9 Å². The molecule has 5 fully saturated rings. The quantitative estimate of drug-likeness (QED) is 0.643. The van der Waals surface area contributed by atoms with Crippen LogP contribution in [-0.2, 0) is 16.1 Å². The fourth-order valence-electron chi connectivity index (χ4n) is 7.28. The molecule has 3 heterocycles. The molecule has 1 aromatic carbocycles. The highest BCUT2D eigenvalue weighted by Crippen LogP contribution is 2.53. The van der Waals surface area contributed by atoms with Gasteiger partial charge in [-0.25, -0.2) is 4.39 Å². The molecule has 2 N–H and O–H groups in total. The van der Waals surface area contributed by atoms with E-state index in [4.69, 9.17) is 0 Å². The van der Waals surface area contributed by atoms with Crippen molar-refractivity contribution < 1.29 is 23.9 Å². The van der Waals surface area contributed by atoms with Crippen LogP contribution in [0.3, 0.4) is 0 Å². The molecule has 8 heteroatoms. The van der Waals surface area contributed by atoms with Crippen LogP contribution in [0.25, 0.3) is 0 Å². The van der Waals surface area contributed by atoms with Crippen molar-refractivity contribution in [2.24, 2.45) is 5.41 Å². The molecule has 0 aromatic heterocycles. The van der Waals surface area contributed by atoms with Crippen molar-refractivity contribution in [2.45, 2.75) is 88.3 Å². The van der Waals surface area contributed by atoms with E-state index in [1.54, 1.807) is 0 Å². The Kier molecular flexibility index (Phi) is 5.53. The predicted octanol–water partition coefficient (Wildman–Crippen LogP) is 2.85. The highest BCUT2D eigenvalue weighted by molar-refractivity contribution is 6.05. The third-order valence-corrected chi connectivity index (χ3v) is 9.59. The van der Waals surface area contributed by atoms with Gasteiger partial charge in [0.1, 0.15) is 11.9 Å². The van der Waals surface area contributed by atoms with Crippen LogP contribution in [0.4, 0.5) is 4.39 Å². The second-order valence-electron chi connectivity index (χ2n) is 11.7. The number of nitrogens with zero attached hydrogens (tertiary/aromatic N) is 2. The first kappa shape index (κ1) is 23.1. The zero-order chi connectivity index (χ0) is 24.4. The normalized spacial score (nSPS) is 33.8. The lowest BCUT2D eigenvalue weighted by Crippen LogP contribution is -2.52. The minimum absolute atomic E-state index is 0.122. The number of carbonyl (C=O) groups excluding carboxylic acids is 3. The molecule has 7 rings (SSSR count). The maximum atomic E-state index is 15.2. The standard InChI is InChI=1S/C27H34FN3O4/c28-21-14-20-18(15-31(25(20)34)22-1-2-23(32)29-24(22)33)13-19(21)17-3-11-30(12-4-17)16-26-5-8-27(35,9-6-26)10-7-26/h13-14,17,22,35H,1-12,15-16H2,(H,29,32,33). The highest BCUT2D eigenvalue weighted by atomic mass is 19.1. The number of amides is 3. The number of piperidine rings is 2. The summed E-state index contributed by atoms with van der Waals surface area (Å²) in [5, 5.41) is 12.8. The number of aliphatic hydroxyl groups is 1. The summed E-state index contributed by atoms with van der Waals surface area (Å²) >= 11 is 0. The average Bonchev–Trinajstić information content (AvgIpc) is 3.15. The lowest BCUT2D eigenvalue weighted by Gasteiger charge is -2.53. The molecule has 0 radical (unpaired) electrons. The first-order valence-corrected chi connectivity index (χ1v) is 13.2. The van der Waals surface area contributed by atoms with Crippen LogP contribution < -0.4 is 5.32 Å². The highest BCUT2D eigenvalue weighted by Gasteiger charge is 2.48. The molecular weight excluding hydrogens is 449 g/mol. The minimum Gasteiger partial charge on any atom is -0.390 e. The third kappa shape index (κ3) is 4.08. The Morgan fingerprint density at radius 1 is 1.00 bits per heavy atom. The van der Waals surface area contributed by atoms with Crippen molar-refractivity contribution in [1.82, 2.24) is 15.1 Å². The molecular formula is C27H34FN3O4. The van der Waals surface area contributed by atoms with Crippen LogP contribution in [0.1, 0.15) is 91.6 Å². The van der Waals surface area contributed by atoms with Gasteiger partial charge in [0, 0.05) is 25.1 Å². The van der Waals surface area contributed by atoms with Gasteiger partial charge in [0.05, 0.1) is 5.60 Å². The summed E-state index contributed by atoms with van der Waals surface area (Å²) in [4.78, 5) is 40.7. The number of carbonyl (C=O) groups is 3. The summed E-state index contributed by atoms with van der Waals surface area (Å²) in [6.07, 6.45) is 8.41. The Labute approximate surface area is 205 Å². The zero-order valence-corrected chi connectivity index (χ0v) is 20.2. The molecule has 1 unspecified atom stereocenters. The molecule has 6 aliphatic rings. The van der Waals surface area contributed by atoms with E-state index in [0.717, 1.165) is 76.6 Å². The van der Waals surface area contributed by atoms with Crippen molar-refractivity contribution in [3.05, 3.63) is 34.6 Å². The van der Waals surface area contributed by atoms with Gasteiger partial charge in [-0.2, -0.15) is 0 Å². The predicted molar refractivity (Wildman–Crippen MR) is 126 cm³/mol. The number of halogens is 1.